The van der Waals surface area contributed by atoms with Gasteiger partial charge in [-0.3, -0.25) is 0 Å². The molecule has 0 saturated carbocycles. The first kappa shape index (κ1) is 21.6. The van der Waals surface area contributed by atoms with Crippen LogP contribution in [0.4, 0.5) is 0 Å². The Morgan fingerprint density at radius 2 is 0.865 bits per heavy atom. The van der Waals surface area contributed by atoms with Gasteiger partial charge in [0.1, 0.15) is 0 Å². The van der Waals surface area contributed by atoms with Crippen LogP contribution in [0.5, 0.6) is 0 Å². The van der Waals surface area contributed by atoms with Gasteiger partial charge >= 0.3 is 210 Å². The molecule has 10 heterocycles. The van der Waals surface area contributed by atoms with E-state index in [9.17, 15) is 19.2 Å². The molecule has 7 heteroatoms. The third-order valence-corrected chi connectivity index (χ3v) is 62.1. The van der Waals surface area contributed by atoms with Gasteiger partial charge in [0, 0.05) is 0 Å². The number of ketones is 2. The van der Waals surface area contributed by atoms with Gasteiger partial charge in [-0.2, -0.15) is 0 Å². The van der Waals surface area contributed by atoms with Crippen molar-refractivity contribution in [2.24, 2.45) is 0 Å². The number of unbranched alkanes of at least 4 members (excludes halogenated alkanes) is 6. The summed E-state index contributed by atoms with van der Waals surface area (Å²) < 4.78 is 10.3. The van der Waals surface area contributed by atoms with Crippen molar-refractivity contribution in [1.29, 1.82) is 0 Å². The number of Topliss-reactive ketones (excluding diaryl/α,β-unsaturated/α-hetero) is 2. The van der Waals surface area contributed by atoms with Crippen LogP contribution in [0.2, 0.25) is 47.2 Å². The van der Waals surface area contributed by atoms with Crippen molar-refractivity contribution in [1.82, 2.24) is 0 Å². The Balaban J connectivity index is 0.797. The normalized spacial score (nSPS) is 62.6. The fourth-order valence-corrected chi connectivity index (χ4v) is 96.8. The maximum atomic E-state index is 14.0. The molecule has 0 aromatic carbocycles. The first-order chi connectivity index (χ1) is 17.7. The minimum atomic E-state index is -4.04. The van der Waals surface area contributed by atoms with E-state index in [2.05, 4.69) is 0 Å². The quantitative estimate of drug-likeness (QED) is 0.102. The molecule has 0 aromatic heterocycles. The molecule has 1 spiro atoms. The third-order valence-electron chi connectivity index (χ3n) is 19.3. The van der Waals surface area contributed by atoms with E-state index in [-0.39, 0.29) is 20.6 Å². The molecule has 10 rings (SSSR count). The molecule has 206 valence electrons. The fraction of sp³-hybridized carbons (Fsp3) is 0.867. The number of carbonyl (C=O) groups excluding carboxylic acids is 4. The van der Waals surface area contributed by atoms with Gasteiger partial charge in [0.25, 0.3) is 0 Å². The first-order valence-electron chi connectivity index (χ1n) is 15.3. The van der Waals surface area contributed by atoms with E-state index in [0.29, 0.717) is 37.6 Å². The van der Waals surface area contributed by atoms with Gasteiger partial charge < -0.3 is 0 Å². The van der Waals surface area contributed by atoms with Crippen LogP contribution in [0.15, 0.2) is 0 Å². The summed E-state index contributed by atoms with van der Waals surface area (Å²) in [6.07, 6.45) is 10.1. The number of hydrogen-bond donors (Lipinski definition) is 0. The molecule has 0 aliphatic carbocycles. The number of rotatable bonds is 18. The van der Waals surface area contributed by atoms with Crippen molar-refractivity contribution in [3.63, 3.8) is 0 Å². The second kappa shape index (κ2) is 3.42. The Kier molecular flexibility index (Phi) is 2.00. The van der Waals surface area contributed by atoms with Crippen LogP contribution in [0, 0.1) is 0 Å². The third kappa shape index (κ3) is 0.550. The molecule has 6 nitrogen and oxygen atoms in total. The van der Waals surface area contributed by atoms with Crippen molar-refractivity contribution in [3.8, 4) is 0 Å². The van der Waals surface area contributed by atoms with Crippen LogP contribution in [0.25, 0.3) is 0 Å². The minimum absolute atomic E-state index is 0.108. The Labute approximate surface area is 209 Å². The van der Waals surface area contributed by atoms with Crippen LogP contribution in [0.1, 0.15) is 90.9 Å². The average molecular weight is 555 g/mol. The Bertz CT molecular complexity index is 1440. The van der Waals surface area contributed by atoms with E-state index in [4.69, 9.17) is 9.47 Å². The summed E-state index contributed by atoms with van der Waals surface area (Å²) in [5.74, 6) is 1.05. The molecule has 10 fully saturated rings. The average Bonchev–Trinajstić information content (AvgIpc) is 3.82. The van der Waals surface area contributed by atoms with E-state index < -0.39 is 6.51 Å². The van der Waals surface area contributed by atoms with E-state index in [1.54, 1.807) is 0 Å². The maximum absolute atomic E-state index is 14.0. The van der Waals surface area contributed by atoms with Crippen LogP contribution < -0.4 is 0 Å². The molecule has 10 aliphatic heterocycles. The molecular weight excluding hydrogens is 512 g/mol. The first-order valence-corrected chi connectivity index (χ1v) is 21.5. The molecule has 8 atom stereocenters. The molecule has 0 aromatic rings. The predicted octanol–water partition coefficient (Wildman–Crippen LogP) is 7.06. The Morgan fingerprint density at radius 1 is 0.541 bits per heavy atom. The zero-order valence-electron chi connectivity index (χ0n) is 22.3. The standard InChI is InChI=1S/2C15H21O3.Fe/c2*1-2-18-15(17)12-6-4-3-5-11-14(16)13-9-7-8-10-13;/h2*7-10H,2-6,11-12H2,1H3;. The van der Waals surface area contributed by atoms with Crippen molar-refractivity contribution in [3.05, 3.63) is 0 Å². The van der Waals surface area contributed by atoms with E-state index in [1.807, 2.05) is 13.8 Å². The van der Waals surface area contributed by atoms with Gasteiger partial charge in [0.2, 0.25) is 0 Å². The summed E-state index contributed by atoms with van der Waals surface area (Å²) in [6.45, 7) is 0.524. The summed E-state index contributed by atoms with van der Waals surface area (Å²) >= 11 is 0. The second-order valence-corrected chi connectivity index (χ2v) is 39.3. The van der Waals surface area contributed by atoms with Gasteiger partial charge in [-0.25, -0.2) is 0 Å². The van der Waals surface area contributed by atoms with Crippen molar-refractivity contribution in [2.75, 3.05) is 13.2 Å². The number of ether oxygens (including phenoxy) is 2. The predicted molar refractivity (Wildman–Crippen MR) is 134 cm³/mol. The number of carbonyl (C=O) groups is 4. The van der Waals surface area contributed by atoms with Crippen molar-refractivity contribution < 1.29 is 35.2 Å². The molecule has 8 unspecified atom stereocenters. The monoisotopic (exact) mass is 554 g/mol. The summed E-state index contributed by atoms with van der Waals surface area (Å²) in [7, 11) is 0. The summed E-state index contributed by atoms with van der Waals surface area (Å²) in [6, 6.07) is 0. The van der Waals surface area contributed by atoms with Crippen LogP contribution >= 0.6 is 0 Å². The van der Waals surface area contributed by atoms with Gasteiger partial charge in [-0.1, -0.05) is 0 Å². The van der Waals surface area contributed by atoms with Crippen LogP contribution in [-0.4, -0.2) is 36.7 Å². The fourth-order valence-electron chi connectivity index (χ4n) is 20.7. The summed E-state index contributed by atoms with van der Waals surface area (Å²) in [5.41, 5.74) is 0. The van der Waals surface area contributed by atoms with Crippen molar-refractivity contribution in [2.45, 2.75) is 138 Å². The molecule has 0 radical (unpaired) electrons. The van der Waals surface area contributed by atoms with Gasteiger partial charge in [0.05, 0.1) is 0 Å². The summed E-state index contributed by atoms with van der Waals surface area (Å²) in [5, 5.41) is 0. The molecule has 0 N–H and O–H groups in total. The Hall–Kier alpha value is -1.20. The van der Waals surface area contributed by atoms with Gasteiger partial charge in [-0.05, 0) is 0 Å². The number of fused-ring (bicyclic) bond motifs is 10. The number of hydrogen-bond acceptors (Lipinski definition) is 6. The SMILES string of the molecule is CCOC(=O)CCCCCCC(=O)[C]12[CH]3[CH]4[CH]5[CH]1[Fe]45321678[CH]2[CH]1[CH]6[C]7(C(=O)CCCCCCC(=O)OCC)[CH]28. The molecule has 0 bridgehead atoms. The van der Waals surface area contributed by atoms with Crippen molar-refractivity contribution >= 4 is 23.5 Å². The van der Waals surface area contributed by atoms with Gasteiger partial charge in [0.15, 0.2) is 0 Å². The zero-order valence-corrected chi connectivity index (χ0v) is 23.4. The molecule has 37 heavy (non-hydrogen) atoms. The molecule has 0 amide bonds. The summed E-state index contributed by atoms with van der Waals surface area (Å²) in [4.78, 5) is 58.2. The van der Waals surface area contributed by atoms with E-state index in [0.717, 1.165) is 103 Å². The second-order valence-electron chi connectivity index (χ2n) is 16.1. The zero-order chi connectivity index (χ0) is 25.6. The van der Waals surface area contributed by atoms with E-state index >= 15 is 0 Å². The molecular formula is C30H42FeO6. The molecule has 10 saturated heterocycles. The number of esters is 2. The van der Waals surface area contributed by atoms with Gasteiger partial charge in [-0.15, -0.1) is 0 Å². The van der Waals surface area contributed by atoms with E-state index in [1.165, 1.54) is 0 Å². The van der Waals surface area contributed by atoms with Crippen LogP contribution in [0.3, 0.4) is 0 Å². The van der Waals surface area contributed by atoms with Crippen LogP contribution in [-0.2, 0) is 35.2 Å². The topological polar surface area (TPSA) is 86.7 Å². The Morgan fingerprint density at radius 3 is 1.16 bits per heavy atom. The molecule has 10 aliphatic rings.